The Bertz CT molecular complexity index is 4320. The largest absolute Gasteiger partial charge is 0.453 e. The average molecular weight is 1040 g/mol. The number of aromatic nitrogens is 2. The minimum Gasteiger partial charge on any atom is -0.453 e. The first kappa shape index (κ1) is 47.3. The molecule has 11 aromatic carbocycles. The normalized spacial score (nSPS) is 13.0. The molecule has 0 radical (unpaired) electrons. The van der Waals surface area contributed by atoms with Crippen LogP contribution in [0.2, 0.25) is 0 Å². The molecule has 0 fully saturated rings. The zero-order valence-corrected chi connectivity index (χ0v) is 44.5. The Morgan fingerprint density at radius 1 is 0.300 bits per heavy atom. The molecule has 0 bridgehead atoms. The Hall–Kier alpha value is -9.92. The Kier molecular flexibility index (Phi) is 10.5. The third kappa shape index (κ3) is 6.81. The van der Waals surface area contributed by atoms with Gasteiger partial charge in [0.1, 0.15) is 11.6 Å². The molecular formula is C72H52F2N4O2. The quantitative estimate of drug-likeness (QED) is 0.152. The zero-order valence-electron chi connectivity index (χ0n) is 44.5. The number of ether oxygens (including phenoxy) is 2. The van der Waals surface area contributed by atoms with Crippen molar-refractivity contribution in [2.75, 3.05) is 9.80 Å². The summed E-state index contributed by atoms with van der Waals surface area (Å²) in [5.41, 5.74) is 9.36. The molecule has 0 unspecified atom stereocenters. The molecule has 80 heavy (non-hydrogen) atoms. The van der Waals surface area contributed by atoms with Crippen LogP contribution in [0.15, 0.2) is 243 Å². The molecule has 0 spiro atoms. The van der Waals surface area contributed by atoms with Crippen molar-refractivity contribution in [1.82, 2.24) is 9.13 Å². The van der Waals surface area contributed by atoms with Gasteiger partial charge in [-0.25, -0.2) is 8.78 Å². The fraction of sp³-hybridized carbons (Fsp3) is 0.0833. The van der Waals surface area contributed by atoms with Gasteiger partial charge in [0.2, 0.25) is 0 Å². The summed E-state index contributed by atoms with van der Waals surface area (Å²) in [5.74, 6) is 1.62. The summed E-state index contributed by atoms with van der Waals surface area (Å²) >= 11 is 0. The Morgan fingerprint density at radius 2 is 0.562 bits per heavy atom. The summed E-state index contributed by atoms with van der Waals surface area (Å²) in [6.45, 7) is 8.95. The second kappa shape index (κ2) is 17.8. The highest BCUT2D eigenvalue weighted by atomic mass is 19.1. The van der Waals surface area contributed by atoms with Crippen LogP contribution in [0.4, 0.5) is 42.9 Å². The molecule has 8 heteroatoms. The van der Waals surface area contributed by atoms with Crippen LogP contribution in [0.5, 0.6) is 23.0 Å². The number of rotatable bonds is 8. The van der Waals surface area contributed by atoms with Crippen molar-refractivity contribution in [3.8, 4) is 45.3 Å². The third-order valence-electron chi connectivity index (χ3n) is 16.5. The van der Waals surface area contributed by atoms with Crippen LogP contribution >= 0.6 is 0 Å². The lowest BCUT2D eigenvalue weighted by Crippen LogP contribution is -2.36. The van der Waals surface area contributed by atoms with Gasteiger partial charge in [0, 0.05) is 71.4 Å². The number of fused-ring (bicyclic) bond motifs is 10. The number of halogens is 2. The molecule has 2 aromatic heterocycles. The van der Waals surface area contributed by atoms with Crippen LogP contribution < -0.4 is 19.3 Å². The average Bonchev–Trinajstić information content (AvgIpc) is 3.08. The number of hydrogen-bond acceptors (Lipinski definition) is 4. The molecule has 386 valence electrons. The van der Waals surface area contributed by atoms with Gasteiger partial charge in [-0.1, -0.05) is 158 Å². The van der Waals surface area contributed by atoms with Gasteiger partial charge in [-0.2, -0.15) is 0 Å². The van der Waals surface area contributed by atoms with E-state index in [1.165, 1.54) is 0 Å². The van der Waals surface area contributed by atoms with Crippen molar-refractivity contribution in [2.24, 2.45) is 0 Å². The standard InChI is InChI=1S/C72H52F2N4O2/c1-71(2,77-53-33-13-7-25-45(53)46-26-8-14-34-54(46)77)67-65(49-29-5-11-31-51(49)73)69(75-57-37-17-21-41-61(57)79-62-42-22-18-38-58(62)75)68(72(3,4)78-55-35-15-9-27-47(55)48-28-10-16-36-56(48)78)70(66(67)50-30-6-12-32-52(50)74)76-59-39-19-23-43-63(59)80-64-44-24-20-40-60(64)76/h5-44H,1-4H3. The minimum atomic E-state index is -1.15. The SMILES string of the molecule is CC(C)(c1c(-c2ccccc2F)c(N2c3ccccc3Oc3ccccc32)c(C(C)(C)n2c3ccccc3c3ccccc32)c(N2c3ccccc3Oc3ccccc32)c1-c1ccccc1F)n1c2ccccc2c2ccccc21. The zero-order chi connectivity index (χ0) is 54.0. The maximum Gasteiger partial charge on any atom is 0.151 e. The van der Waals surface area contributed by atoms with Gasteiger partial charge < -0.3 is 28.4 Å². The van der Waals surface area contributed by atoms with Gasteiger partial charge >= 0.3 is 0 Å². The number of para-hydroxylation sites is 12. The Morgan fingerprint density at radius 3 is 0.887 bits per heavy atom. The molecule has 2 aliphatic rings. The van der Waals surface area contributed by atoms with Crippen LogP contribution in [-0.4, -0.2) is 9.13 Å². The second-order valence-electron chi connectivity index (χ2n) is 21.8. The van der Waals surface area contributed by atoms with Gasteiger partial charge in [0.15, 0.2) is 23.0 Å². The second-order valence-corrected chi connectivity index (χ2v) is 21.8. The summed E-state index contributed by atoms with van der Waals surface area (Å²) in [7, 11) is 0. The predicted octanol–water partition coefficient (Wildman–Crippen LogP) is 20.2. The first-order valence-electron chi connectivity index (χ1n) is 27.2. The topological polar surface area (TPSA) is 34.8 Å². The Labute approximate surface area is 462 Å². The van der Waals surface area contributed by atoms with E-state index in [0.29, 0.717) is 62.2 Å². The molecule has 15 rings (SSSR count). The molecule has 4 heterocycles. The molecule has 0 N–H and O–H groups in total. The molecule has 2 aliphatic heterocycles. The van der Waals surface area contributed by atoms with E-state index in [1.807, 2.05) is 97.1 Å². The molecule has 0 saturated carbocycles. The summed E-state index contributed by atoms with van der Waals surface area (Å²) < 4.78 is 55.6. The van der Waals surface area contributed by atoms with E-state index in [-0.39, 0.29) is 0 Å². The van der Waals surface area contributed by atoms with Crippen molar-refractivity contribution in [2.45, 2.75) is 38.8 Å². The summed E-state index contributed by atoms with van der Waals surface area (Å²) in [4.78, 5) is 4.58. The van der Waals surface area contributed by atoms with E-state index >= 15 is 8.78 Å². The monoisotopic (exact) mass is 1040 g/mol. The lowest BCUT2D eigenvalue weighted by atomic mass is 9.73. The first-order valence-corrected chi connectivity index (χ1v) is 27.2. The number of nitrogens with zero attached hydrogens (tertiary/aromatic N) is 4. The minimum absolute atomic E-state index is 0.346. The number of anilines is 6. The van der Waals surface area contributed by atoms with Crippen LogP contribution in [0.25, 0.3) is 65.9 Å². The first-order chi connectivity index (χ1) is 39.1. The van der Waals surface area contributed by atoms with Gasteiger partial charge in [0.25, 0.3) is 0 Å². The highest BCUT2D eigenvalue weighted by molar-refractivity contribution is 6.12. The highest BCUT2D eigenvalue weighted by Crippen LogP contribution is 2.65. The molecule has 0 atom stereocenters. The lowest BCUT2D eigenvalue weighted by molar-refractivity contribution is 0.455. The van der Waals surface area contributed by atoms with E-state index in [0.717, 1.165) is 71.9 Å². The van der Waals surface area contributed by atoms with Crippen LogP contribution in [0.1, 0.15) is 38.8 Å². The molecule has 0 aliphatic carbocycles. The molecule has 6 nitrogen and oxygen atoms in total. The van der Waals surface area contributed by atoms with E-state index in [9.17, 15) is 0 Å². The van der Waals surface area contributed by atoms with Crippen molar-refractivity contribution in [1.29, 1.82) is 0 Å². The number of benzene rings is 11. The van der Waals surface area contributed by atoms with Gasteiger partial charge in [-0.15, -0.1) is 0 Å². The summed E-state index contributed by atoms with van der Waals surface area (Å²) in [5, 5.41) is 4.28. The van der Waals surface area contributed by atoms with E-state index < -0.39 is 22.7 Å². The van der Waals surface area contributed by atoms with Crippen molar-refractivity contribution >= 4 is 77.7 Å². The summed E-state index contributed by atoms with van der Waals surface area (Å²) in [6, 6.07) is 80.5. The fourth-order valence-corrected chi connectivity index (χ4v) is 13.4. The highest BCUT2D eigenvalue weighted by Gasteiger charge is 2.47. The maximum atomic E-state index is 18.5. The predicted molar refractivity (Wildman–Crippen MR) is 322 cm³/mol. The van der Waals surface area contributed by atoms with Crippen molar-refractivity contribution < 1.29 is 18.3 Å². The van der Waals surface area contributed by atoms with E-state index in [2.05, 4.69) is 168 Å². The smallest absolute Gasteiger partial charge is 0.151 e. The lowest BCUT2D eigenvalue weighted by Gasteiger charge is -2.47. The van der Waals surface area contributed by atoms with Crippen molar-refractivity contribution in [3.05, 3.63) is 265 Å². The number of hydrogen-bond donors (Lipinski definition) is 0. The van der Waals surface area contributed by atoms with E-state index in [1.54, 1.807) is 24.3 Å². The fourth-order valence-electron chi connectivity index (χ4n) is 13.4. The van der Waals surface area contributed by atoms with Crippen LogP contribution in [0, 0.1) is 11.6 Å². The molecule has 13 aromatic rings. The van der Waals surface area contributed by atoms with Gasteiger partial charge in [0.05, 0.1) is 45.2 Å². The van der Waals surface area contributed by atoms with Crippen LogP contribution in [-0.2, 0) is 11.1 Å². The Balaban J connectivity index is 1.28. The van der Waals surface area contributed by atoms with Crippen molar-refractivity contribution in [3.63, 3.8) is 0 Å². The van der Waals surface area contributed by atoms with E-state index in [4.69, 9.17) is 9.47 Å². The summed E-state index contributed by atoms with van der Waals surface area (Å²) in [6.07, 6.45) is 0. The van der Waals surface area contributed by atoms with Gasteiger partial charge in [-0.05, 0) is 118 Å². The molecular weight excluding hydrogens is 991 g/mol. The van der Waals surface area contributed by atoms with Gasteiger partial charge in [-0.3, -0.25) is 0 Å². The third-order valence-corrected chi connectivity index (χ3v) is 16.5. The molecule has 0 amide bonds. The van der Waals surface area contributed by atoms with Crippen LogP contribution in [0.3, 0.4) is 0 Å². The molecule has 0 saturated heterocycles. The maximum absolute atomic E-state index is 18.5.